The number of nitrogens with two attached hydrogens (primary N) is 1. The molecule has 0 aliphatic carbocycles. The zero-order valence-corrected chi connectivity index (χ0v) is 9.95. The van der Waals surface area contributed by atoms with Gasteiger partial charge in [-0.1, -0.05) is 0 Å². The maximum absolute atomic E-state index is 11.1. The Morgan fingerprint density at radius 2 is 1.94 bits per heavy atom. The lowest BCUT2D eigenvalue weighted by molar-refractivity contribution is -0.142. The van der Waals surface area contributed by atoms with Crippen molar-refractivity contribution >= 4 is 21.7 Å². The van der Waals surface area contributed by atoms with E-state index >= 15 is 0 Å². The third kappa shape index (κ3) is 6.36. The lowest BCUT2D eigenvalue weighted by atomic mass is 10.2. The minimum atomic E-state index is -3.25. The van der Waals surface area contributed by atoms with Crippen molar-refractivity contribution in [1.82, 2.24) is 5.32 Å². The van der Waals surface area contributed by atoms with Gasteiger partial charge >= 0.3 is 5.97 Å². The fraction of sp³-hybridized carbons (Fsp3) is 0.750. The van der Waals surface area contributed by atoms with Gasteiger partial charge in [0.15, 0.2) is 0 Å². The minimum Gasteiger partial charge on any atom is -0.480 e. The van der Waals surface area contributed by atoms with E-state index in [4.69, 9.17) is 10.8 Å². The number of aliphatic carboxylic acids is 1. The van der Waals surface area contributed by atoms with Crippen molar-refractivity contribution in [3.8, 4) is 0 Å². The highest BCUT2D eigenvalue weighted by atomic mass is 32.2. The van der Waals surface area contributed by atoms with Crippen LogP contribution in [0, 0.1) is 0 Å². The van der Waals surface area contributed by atoms with Gasteiger partial charge in [0, 0.05) is 6.26 Å². The van der Waals surface area contributed by atoms with Gasteiger partial charge in [0.1, 0.15) is 15.9 Å². The molecule has 0 aromatic heterocycles. The summed E-state index contributed by atoms with van der Waals surface area (Å²) in [6.07, 6.45) is 0.825. The first-order valence-corrected chi connectivity index (χ1v) is 6.66. The lowest BCUT2D eigenvalue weighted by Gasteiger charge is -2.15. The van der Waals surface area contributed by atoms with Crippen LogP contribution in [0.4, 0.5) is 0 Å². The summed E-state index contributed by atoms with van der Waals surface area (Å²) in [6.45, 7) is 1.41. The summed E-state index contributed by atoms with van der Waals surface area (Å²) in [7, 11) is -3.25. The van der Waals surface area contributed by atoms with Gasteiger partial charge in [0.05, 0.1) is 11.8 Å². The molecule has 0 radical (unpaired) electrons. The molecule has 94 valence electrons. The summed E-state index contributed by atoms with van der Waals surface area (Å²) < 4.78 is 21.7. The molecule has 8 heteroatoms. The van der Waals surface area contributed by atoms with E-state index in [1.807, 2.05) is 0 Å². The second-order valence-corrected chi connectivity index (χ2v) is 5.87. The molecule has 7 nitrogen and oxygen atoms in total. The topological polar surface area (TPSA) is 127 Å². The van der Waals surface area contributed by atoms with Crippen molar-refractivity contribution in [2.75, 3.05) is 12.0 Å². The summed E-state index contributed by atoms with van der Waals surface area (Å²) in [5.41, 5.74) is 5.24. The summed E-state index contributed by atoms with van der Waals surface area (Å²) in [5, 5.41) is 10.9. The first-order valence-electron chi connectivity index (χ1n) is 4.60. The molecule has 0 aliphatic heterocycles. The van der Waals surface area contributed by atoms with Crippen molar-refractivity contribution in [1.29, 1.82) is 0 Å². The highest BCUT2D eigenvalue weighted by Crippen LogP contribution is 1.97. The summed E-state index contributed by atoms with van der Waals surface area (Å²) in [4.78, 5) is 21.9. The molecule has 1 unspecified atom stereocenters. The van der Waals surface area contributed by atoms with E-state index in [1.54, 1.807) is 0 Å². The fourth-order valence-electron chi connectivity index (χ4n) is 0.892. The first-order chi connectivity index (χ1) is 7.13. The average Bonchev–Trinajstić information content (AvgIpc) is 2.09. The quantitative estimate of drug-likeness (QED) is 0.519. The van der Waals surface area contributed by atoms with Gasteiger partial charge in [0.2, 0.25) is 5.91 Å². The molecule has 2 atom stereocenters. The maximum Gasteiger partial charge on any atom is 0.326 e. The van der Waals surface area contributed by atoms with Gasteiger partial charge < -0.3 is 16.2 Å². The van der Waals surface area contributed by atoms with Gasteiger partial charge in [0.25, 0.3) is 0 Å². The molecule has 0 bridgehead atoms. The largest absolute Gasteiger partial charge is 0.480 e. The Morgan fingerprint density at radius 1 is 1.44 bits per heavy atom. The monoisotopic (exact) mass is 252 g/mol. The van der Waals surface area contributed by atoms with Crippen molar-refractivity contribution in [2.24, 2.45) is 5.73 Å². The van der Waals surface area contributed by atoms with Crippen LogP contribution >= 0.6 is 0 Å². The molecule has 16 heavy (non-hydrogen) atoms. The summed E-state index contributed by atoms with van der Waals surface area (Å²) in [6, 6.07) is -2.06. The van der Waals surface area contributed by atoms with E-state index in [0.717, 1.165) is 6.26 Å². The van der Waals surface area contributed by atoms with Gasteiger partial charge in [-0.3, -0.25) is 4.79 Å². The van der Waals surface area contributed by atoms with Crippen molar-refractivity contribution in [3.63, 3.8) is 0 Å². The second kappa shape index (κ2) is 5.80. The maximum atomic E-state index is 11.1. The number of hydrogen-bond acceptors (Lipinski definition) is 5. The van der Waals surface area contributed by atoms with Gasteiger partial charge in [-0.2, -0.15) is 0 Å². The van der Waals surface area contributed by atoms with Crippen LogP contribution in [0.3, 0.4) is 0 Å². The average molecular weight is 252 g/mol. The van der Waals surface area contributed by atoms with Crippen molar-refractivity contribution in [3.05, 3.63) is 0 Å². The van der Waals surface area contributed by atoms with Crippen LogP contribution in [0.5, 0.6) is 0 Å². The molecule has 0 rings (SSSR count). The molecule has 0 aromatic carbocycles. The molecule has 0 spiro atoms. The number of hydrogen-bond donors (Lipinski definition) is 3. The fourth-order valence-corrected chi connectivity index (χ4v) is 1.56. The van der Waals surface area contributed by atoms with Crippen LogP contribution in [-0.4, -0.2) is 49.5 Å². The van der Waals surface area contributed by atoms with Crippen LogP contribution < -0.4 is 11.1 Å². The highest BCUT2D eigenvalue weighted by molar-refractivity contribution is 7.90. The Hall–Kier alpha value is -1.15. The Morgan fingerprint density at radius 3 is 2.25 bits per heavy atom. The van der Waals surface area contributed by atoms with Crippen LogP contribution in [0.2, 0.25) is 0 Å². The highest BCUT2D eigenvalue weighted by Gasteiger charge is 2.22. The summed E-state index contributed by atoms with van der Waals surface area (Å²) >= 11 is 0. The van der Waals surface area contributed by atoms with Gasteiger partial charge in [-0.05, 0) is 13.3 Å². The lowest BCUT2D eigenvalue weighted by Crippen LogP contribution is -2.47. The zero-order valence-electron chi connectivity index (χ0n) is 9.13. The Bertz CT molecular complexity index is 363. The van der Waals surface area contributed by atoms with Crippen molar-refractivity contribution in [2.45, 2.75) is 25.4 Å². The molecule has 0 saturated carbocycles. The number of carboxylic acids is 1. The van der Waals surface area contributed by atoms with E-state index in [-0.39, 0.29) is 12.2 Å². The first kappa shape index (κ1) is 14.8. The molecule has 0 saturated heterocycles. The molecule has 0 aromatic rings. The van der Waals surface area contributed by atoms with Crippen LogP contribution in [0.1, 0.15) is 13.3 Å². The Kier molecular flexibility index (Phi) is 5.39. The van der Waals surface area contributed by atoms with E-state index in [0.29, 0.717) is 0 Å². The standard InChI is InChI=1S/C8H16N2O5S/c1-5(9)7(11)10-6(8(12)13)3-4-16(2,14)15/h5-6H,3-4,9H2,1-2H3,(H,10,11)(H,12,13)/t5-,6?/m1/s1. The smallest absolute Gasteiger partial charge is 0.326 e. The van der Waals surface area contributed by atoms with Gasteiger partial charge in [-0.15, -0.1) is 0 Å². The zero-order chi connectivity index (χ0) is 12.9. The number of carbonyl (C=O) groups excluding carboxylic acids is 1. The van der Waals surface area contributed by atoms with E-state index in [9.17, 15) is 18.0 Å². The second-order valence-electron chi connectivity index (χ2n) is 3.61. The number of carbonyl (C=O) groups is 2. The SMILES string of the molecule is C[C@@H](N)C(=O)NC(CCS(C)(=O)=O)C(=O)O. The van der Waals surface area contributed by atoms with E-state index in [1.165, 1.54) is 6.92 Å². The van der Waals surface area contributed by atoms with Crippen LogP contribution in [-0.2, 0) is 19.4 Å². The van der Waals surface area contributed by atoms with Crippen LogP contribution in [0.15, 0.2) is 0 Å². The van der Waals surface area contributed by atoms with Crippen LogP contribution in [0.25, 0.3) is 0 Å². The van der Waals surface area contributed by atoms with Gasteiger partial charge in [-0.25, -0.2) is 13.2 Å². The van der Waals surface area contributed by atoms with Crippen molar-refractivity contribution < 1.29 is 23.1 Å². The number of rotatable bonds is 6. The van der Waals surface area contributed by atoms with E-state index in [2.05, 4.69) is 5.32 Å². The molecule has 4 N–H and O–H groups in total. The Labute approximate surface area is 93.9 Å². The number of amides is 1. The predicted octanol–water partition coefficient (Wildman–Crippen LogP) is -1.66. The predicted molar refractivity (Wildman–Crippen MR) is 57.5 cm³/mol. The third-order valence-electron chi connectivity index (χ3n) is 1.81. The Balaban J connectivity index is 4.41. The molecular weight excluding hydrogens is 236 g/mol. The molecule has 1 amide bonds. The summed E-state index contributed by atoms with van der Waals surface area (Å²) in [5.74, 6) is -2.21. The number of carboxylic acid groups (broad SMARTS) is 1. The van der Waals surface area contributed by atoms with E-state index < -0.39 is 33.8 Å². The number of nitrogens with one attached hydrogen (secondary N) is 1. The minimum absolute atomic E-state index is 0.174. The normalized spacial score (nSPS) is 15.2. The molecular formula is C8H16N2O5S. The molecule has 0 heterocycles. The molecule has 0 aliphatic rings. The number of sulfone groups is 1. The third-order valence-corrected chi connectivity index (χ3v) is 2.78. The molecule has 0 fully saturated rings.